The first-order valence-electron chi connectivity index (χ1n) is 20.1. The summed E-state index contributed by atoms with van der Waals surface area (Å²) in [4.78, 5) is 2.37. The SMILES string of the molecule is C=C/C=C(\C=C)c1ccc(-c2ccc(N(c3ccc(-c4ccccc4)cc3)c3ccc(-c4cccc5ccccc45)cc3)cc2-c2ccc(-c3ccccc3)cc2)cc1. The molecule has 9 rings (SSSR count). The minimum atomic E-state index is 1.04. The molecule has 0 saturated heterocycles. The number of benzene rings is 9. The van der Waals surface area contributed by atoms with E-state index >= 15 is 0 Å². The summed E-state index contributed by atoms with van der Waals surface area (Å²) in [6.07, 6.45) is 5.67. The van der Waals surface area contributed by atoms with Gasteiger partial charge in [-0.25, -0.2) is 0 Å². The van der Waals surface area contributed by atoms with Crippen LogP contribution in [0.15, 0.2) is 250 Å². The third kappa shape index (κ3) is 7.70. The lowest BCUT2D eigenvalue weighted by molar-refractivity contribution is 1.28. The Morgan fingerprint density at radius 1 is 0.356 bits per heavy atom. The number of allylic oxidation sites excluding steroid dienone is 4. The highest BCUT2D eigenvalue weighted by Crippen LogP contribution is 2.42. The monoisotopic (exact) mass is 753 g/mol. The Bertz CT molecular complexity index is 2900. The van der Waals surface area contributed by atoms with Crippen molar-refractivity contribution in [2.75, 3.05) is 4.90 Å². The van der Waals surface area contributed by atoms with Crippen LogP contribution in [0.2, 0.25) is 0 Å². The average molecular weight is 754 g/mol. The fraction of sp³-hybridized carbons (Fsp3) is 0. The summed E-state index contributed by atoms with van der Waals surface area (Å²) in [7, 11) is 0. The molecule has 1 heteroatoms. The first-order chi connectivity index (χ1) is 29.2. The van der Waals surface area contributed by atoms with Gasteiger partial charge in [-0.1, -0.05) is 213 Å². The Morgan fingerprint density at radius 2 is 0.814 bits per heavy atom. The lowest BCUT2D eigenvalue weighted by Gasteiger charge is -2.27. The molecule has 0 spiro atoms. The molecule has 59 heavy (non-hydrogen) atoms. The molecule has 0 N–H and O–H groups in total. The van der Waals surface area contributed by atoms with Gasteiger partial charge in [-0.05, 0) is 114 Å². The molecule has 0 saturated carbocycles. The second-order valence-corrected chi connectivity index (χ2v) is 14.6. The largest absolute Gasteiger partial charge is 0.310 e. The van der Waals surface area contributed by atoms with Crippen molar-refractivity contribution in [2.24, 2.45) is 0 Å². The van der Waals surface area contributed by atoms with Crippen molar-refractivity contribution in [3.63, 3.8) is 0 Å². The number of hydrogen-bond acceptors (Lipinski definition) is 1. The molecule has 1 nitrogen and oxygen atoms in total. The van der Waals surface area contributed by atoms with Crippen molar-refractivity contribution >= 4 is 33.4 Å². The van der Waals surface area contributed by atoms with Gasteiger partial charge >= 0.3 is 0 Å². The molecule has 0 aromatic heterocycles. The van der Waals surface area contributed by atoms with Gasteiger partial charge in [0.25, 0.3) is 0 Å². The normalized spacial score (nSPS) is 11.3. The highest BCUT2D eigenvalue weighted by molar-refractivity contribution is 5.97. The van der Waals surface area contributed by atoms with Crippen LogP contribution in [0.5, 0.6) is 0 Å². The van der Waals surface area contributed by atoms with E-state index in [0.717, 1.165) is 50.5 Å². The van der Waals surface area contributed by atoms with Crippen LogP contribution in [0.25, 0.3) is 72.0 Å². The molecule has 9 aromatic carbocycles. The van der Waals surface area contributed by atoms with Crippen LogP contribution in [0.1, 0.15) is 5.56 Å². The zero-order valence-corrected chi connectivity index (χ0v) is 32.9. The molecule has 0 unspecified atom stereocenters. The van der Waals surface area contributed by atoms with Crippen LogP contribution in [-0.4, -0.2) is 0 Å². The third-order valence-electron chi connectivity index (χ3n) is 11.1. The first kappa shape index (κ1) is 36.9. The number of anilines is 3. The predicted octanol–water partition coefficient (Wildman–Crippen LogP) is 16.4. The summed E-state index contributed by atoms with van der Waals surface area (Å²) in [5.74, 6) is 0. The van der Waals surface area contributed by atoms with E-state index in [1.54, 1.807) is 6.08 Å². The van der Waals surface area contributed by atoms with Gasteiger partial charge in [0.15, 0.2) is 0 Å². The van der Waals surface area contributed by atoms with Crippen molar-refractivity contribution in [2.45, 2.75) is 0 Å². The molecule has 9 aromatic rings. The van der Waals surface area contributed by atoms with Gasteiger partial charge in [0.05, 0.1) is 0 Å². The average Bonchev–Trinajstić information content (AvgIpc) is 3.32. The van der Waals surface area contributed by atoms with Gasteiger partial charge < -0.3 is 4.90 Å². The number of rotatable bonds is 11. The first-order valence-corrected chi connectivity index (χ1v) is 20.1. The fourth-order valence-corrected chi connectivity index (χ4v) is 8.03. The third-order valence-corrected chi connectivity index (χ3v) is 11.1. The molecular weight excluding hydrogens is 711 g/mol. The van der Waals surface area contributed by atoms with Gasteiger partial charge in [0.2, 0.25) is 0 Å². The smallest absolute Gasteiger partial charge is 0.0468 e. The molecule has 280 valence electrons. The summed E-state index contributed by atoms with van der Waals surface area (Å²) in [5, 5.41) is 2.49. The van der Waals surface area contributed by atoms with Crippen molar-refractivity contribution in [3.05, 3.63) is 255 Å². The summed E-state index contributed by atoms with van der Waals surface area (Å²) >= 11 is 0. The van der Waals surface area contributed by atoms with Gasteiger partial charge in [0, 0.05) is 17.1 Å². The van der Waals surface area contributed by atoms with E-state index in [9.17, 15) is 0 Å². The lowest BCUT2D eigenvalue weighted by atomic mass is 9.91. The van der Waals surface area contributed by atoms with E-state index in [1.807, 2.05) is 12.2 Å². The minimum absolute atomic E-state index is 1.04. The molecule has 0 bridgehead atoms. The van der Waals surface area contributed by atoms with E-state index in [-0.39, 0.29) is 0 Å². The van der Waals surface area contributed by atoms with Crippen LogP contribution in [-0.2, 0) is 0 Å². The van der Waals surface area contributed by atoms with Crippen molar-refractivity contribution in [1.29, 1.82) is 0 Å². The molecular formula is C58H43N. The van der Waals surface area contributed by atoms with Crippen LogP contribution in [0.4, 0.5) is 17.1 Å². The summed E-state index contributed by atoms with van der Waals surface area (Å²) < 4.78 is 0. The van der Waals surface area contributed by atoms with Crippen LogP contribution in [0, 0.1) is 0 Å². The molecule has 0 fully saturated rings. The maximum absolute atomic E-state index is 4.03. The number of fused-ring (bicyclic) bond motifs is 1. The Kier molecular flexibility index (Phi) is 10.5. The predicted molar refractivity (Wildman–Crippen MR) is 254 cm³/mol. The van der Waals surface area contributed by atoms with E-state index < -0.39 is 0 Å². The minimum Gasteiger partial charge on any atom is -0.310 e. The van der Waals surface area contributed by atoms with Gasteiger partial charge in [-0.15, -0.1) is 0 Å². The molecule has 0 aliphatic carbocycles. The Hall–Kier alpha value is -7.74. The maximum Gasteiger partial charge on any atom is 0.0468 e. The number of hydrogen-bond donors (Lipinski definition) is 0. The second-order valence-electron chi connectivity index (χ2n) is 14.6. The molecule has 0 amide bonds. The van der Waals surface area contributed by atoms with Gasteiger partial charge in [-0.3, -0.25) is 0 Å². The zero-order chi connectivity index (χ0) is 40.0. The van der Waals surface area contributed by atoms with Crippen LogP contribution >= 0.6 is 0 Å². The Balaban J connectivity index is 1.18. The van der Waals surface area contributed by atoms with E-state index in [1.165, 1.54) is 44.2 Å². The zero-order valence-electron chi connectivity index (χ0n) is 32.9. The van der Waals surface area contributed by atoms with Crippen molar-refractivity contribution < 1.29 is 0 Å². The second kappa shape index (κ2) is 16.8. The quantitative estimate of drug-likeness (QED) is 0.119. The van der Waals surface area contributed by atoms with Crippen LogP contribution < -0.4 is 4.90 Å². The van der Waals surface area contributed by atoms with Crippen molar-refractivity contribution in [3.8, 4) is 55.6 Å². The Morgan fingerprint density at radius 3 is 1.42 bits per heavy atom. The number of nitrogens with zero attached hydrogens (tertiary/aromatic N) is 1. The van der Waals surface area contributed by atoms with E-state index in [0.29, 0.717) is 0 Å². The summed E-state index contributed by atoms with van der Waals surface area (Å²) in [6.45, 7) is 7.92. The van der Waals surface area contributed by atoms with E-state index in [4.69, 9.17) is 0 Å². The maximum atomic E-state index is 4.03. The highest BCUT2D eigenvalue weighted by atomic mass is 15.1. The standard InChI is InChI=1S/C58H43N/c1-3-14-42(4-2)45-23-27-49(28-24-45)57-40-39-54(41-58(57)51-29-25-46(26-30-51)43-15-7-5-8-16-43)59(52-35-31-47(32-36-52)44-17-9-6-10-18-44)53-37-33-50(34-38-53)56-22-13-20-48-19-11-12-21-55(48)56/h3-41H,1-2H2/b42-14+. The van der Waals surface area contributed by atoms with Crippen LogP contribution in [0.3, 0.4) is 0 Å². The Labute approximate surface area is 347 Å². The highest BCUT2D eigenvalue weighted by Gasteiger charge is 2.18. The van der Waals surface area contributed by atoms with E-state index in [2.05, 4.69) is 236 Å². The molecule has 0 radical (unpaired) electrons. The molecule has 0 atom stereocenters. The molecule has 0 aliphatic heterocycles. The van der Waals surface area contributed by atoms with Gasteiger partial charge in [0.1, 0.15) is 0 Å². The molecule has 0 aliphatic rings. The summed E-state index contributed by atoms with van der Waals surface area (Å²) in [6, 6.07) is 78.7. The fourth-order valence-electron chi connectivity index (χ4n) is 8.03. The van der Waals surface area contributed by atoms with Crippen molar-refractivity contribution in [1.82, 2.24) is 0 Å². The summed E-state index contributed by atoms with van der Waals surface area (Å²) in [5.41, 5.74) is 17.2. The topological polar surface area (TPSA) is 3.24 Å². The lowest BCUT2D eigenvalue weighted by Crippen LogP contribution is -2.10. The van der Waals surface area contributed by atoms with Gasteiger partial charge in [-0.2, -0.15) is 0 Å². The molecule has 0 heterocycles.